The number of nitrogens with two attached hydrogens (primary N) is 1. The smallest absolute Gasteiger partial charge is 0.360 e. The Morgan fingerprint density at radius 3 is 3.00 bits per heavy atom. The summed E-state index contributed by atoms with van der Waals surface area (Å²) in [6.45, 7) is 0. The molecule has 0 spiro atoms. The molecule has 2 aromatic rings. The Bertz CT molecular complexity index is 641. The van der Waals surface area contributed by atoms with Gasteiger partial charge in [-0.1, -0.05) is 6.07 Å². The quantitative estimate of drug-likeness (QED) is 0.770. The predicted octanol–water partition coefficient (Wildman–Crippen LogP) is 0.508. The van der Waals surface area contributed by atoms with Crippen molar-refractivity contribution in [2.75, 3.05) is 12.8 Å². The van der Waals surface area contributed by atoms with E-state index in [2.05, 4.69) is 14.8 Å². The molecule has 2 N–H and O–H groups in total. The summed E-state index contributed by atoms with van der Waals surface area (Å²) in [6, 6.07) is 6.79. The maximum absolute atomic E-state index is 11.4. The molecule has 0 amide bonds. The summed E-state index contributed by atoms with van der Waals surface area (Å²) in [4.78, 5) is 15.4. The van der Waals surface area contributed by atoms with Crippen molar-refractivity contribution in [3.05, 3.63) is 35.8 Å². The normalized spacial score (nSPS) is 9.78. The molecule has 90 valence electrons. The highest BCUT2D eigenvalue weighted by atomic mass is 16.5. The Balaban J connectivity index is 2.46. The van der Waals surface area contributed by atoms with Crippen LogP contribution in [0.4, 0.5) is 5.69 Å². The number of anilines is 1. The lowest BCUT2D eigenvalue weighted by atomic mass is 10.3. The fourth-order valence-corrected chi connectivity index (χ4v) is 1.37. The molecule has 2 aromatic heterocycles. The summed E-state index contributed by atoms with van der Waals surface area (Å²) in [7, 11) is 1.25. The molecule has 0 aliphatic rings. The van der Waals surface area contributed by atoms with E-state index in [1.807, 2.05) is 6.07 Å². The van der Waals surface area contributed by atoms with Crippen LogP contribution in [0, 0.1) is 11.3 Å². The van der Waals surface area contributed by atoms with Crippen LogP contribution in [-0.4, -0.2) is 27.8 Å². The van der Waals surface area contributed by atoms with Gasteiger partial charge in [-0.25, -0.2) is 14.5 Å². The van der Waals surface area contributed by atoms with Crippen LogP contribution in [0.25, 0.3) is 5.82 Å². The Kier molecular flexibility index (Phi) is 2.93. The van der Waals surface area contributed by atoms with E-state index < -0.39 is 5.97 Å². The topological polar surface area (TPSA) is 107 Å². The number of rotatable bonds is 2. The summed E-state index contributed by atoms with van der Waals surface area (Å²) < 4.78 is 5.87. The van der Waals surface area contributed by atoms with E-state index in [0.29, 0.717) is 5.82 Å². The highest BCUT2D eigenvalue weighted by molar-refractivity contribution is 5.92. The zero-order valence-electron chi connectivity index (χ0n) is 9.49. The van der Waals surface area contributed by atoms with Crippen LogP contribution < -0.4 is 5.73 Å². The molecule has 0 saturated heterocycles. The van der Waals surface area contributed by atoms with Crippen LogP contribution in [0.1, 0.15) is 16.2 Å². The molecule has 18 heavy (non-hydrogen) atoms. The van der Waals surface area contributed by atoms with Crippen molar-refractivity contribution in [2.45, 2.75) is 0 Å². The molecule has 7 heteroatoms. The van der Waals surface area contributed by atoms with Crippen molar-refractivity contribution in [3.8, 4) is 11.9 Å². The predicted molar refractivity (Wildman–Crippen MR) is 61.8 cm³/mol. The number of hydrogen-bond acceptors (Lipinski definition) is 6. The van der Waals surface area contributed by atoms with E-state index in [0.717, 1.165) is 0 Å². The minimum absolute atomic E-state index is 0.0154. The number of hydrogen-bond donors (Lipinski definition) is 1. The van der Waals surface area contributed by atoms with Gasteiger partial charge in [0.05, 0.1) is 19.0 Å². The van der Waals surface area contributed by atoms with Crippen LogP contribution >= 0.6 is 0 Å². The fraction of sp³-hybridized carbons (Fsp3) is 0.0909. The Hall–Kier alpha value is -2.88. The lowest BCUT2D eigenvalue weighted by Crippen LogP contribution is -2.06. The molecule has 2 heterocycles. The van der Waals surface area contributed by atoms with Gasteiger partial charge in [0.25, 0.3) is 0 Å². The van der Waals surface area contributed by atoms with Gasteiger partial charge in [0.2, 0.25) is 0 Å². The van der Waals surface area contributed by atoms with Gasteiger partial charge >= 0.3 is 5.97 Å². The second-order valence-electron chi connectivity index (χ2n) is 3.36. The first kappa shape index (κ1) is 11.6. The summed E-state index contributed by atoms with van der Waals surface area (Å²) in [6.07, 6.45) is 1.44. The first-order valence-electron chi connectivity index (χ1n) is 4.96. The summed E-state index contributed by atoms with van der Waals surface area (Å²) in [5.41, 5.74) is 6.10. The molecule has 0 radical (unpaired) electrons. The molecule has 0 fully saturated rings. The second-order valence-corrected chi connectivity index (χ2v) is 3.36. The molecule has 0 aliphatic carbocycles. The van der Waals surface area contributed by atoms with Gasteiger partial charge in [0.1, 0.15) is 11.8 Å². The number of nitriles is 1. The van der Waals surface area contributed by atoms with E-state index >= 15 is 0 Å². The monoisotopic (exact) mass is 243 g/mol. The van der Waals surface area contributed by atoms with Crippen molar-refractivity contribution >= 4 is 11.7 Å². The third-order valence-electron chi connectivity index (χ3n) is 2.20. The van der Waals surface area contributed by atoms with Gasteiger partial charge in [-0.15, -0.1) is 0 Å². The third-order valence-corrected chi connectivity index (χ3v) is 2.20. The number of nitrogen functional groups attached to an aromatic ring is 1. The Morgan fingerprint density at radius 1 is 1.56 bits per heavy atom. The number of methoxy groups -OCH3 is 1. The molecular weight excluding hydrogens is 234 g/mol. The number of carbonyl (C=O) groups is 1. The van der Waals surface area contributed by atoms with Crippen molar-refractivity contribution in [2.24, 2.45) is 0 Å². The van der Waals surface area contributed by atoms with Gasteiger partial charge < -0.3 is 10.5 Å². The molecule has 0 saturated carbocycles. The molecule has 0 bridgehead atoms. The molecule has 0 aromatic carbocycles. The number of aromatic nitrogens is 3. The van der Waals surface area contributed by atoms with Gasteiger partial charge in [-0.3, -0.25) is 0 Å². The van der Waals surface area contributed by atoms with E-state index in [1.54, 1.807) is 18.2 Å². The minimum atomic E-state index is -0.623. The van der Waals surface area contributed by atoms with Crippen LogP contribution in [0.15, 0.2) is 24.4 Å². The summed E-state index contributed by atoms with van der Waals surface area (Å²) in [5, 5.41) is 12.7. The van der Waals surface area contributed by atoms with Crippen molar-refractivity contribution < 1.29 is 9.53 Å². The SMILES string of the molecule is COC(=O)c1nn(-c2cccc(C#N)n2)cc1N. The van der Waals surface area contributed by atoms with E-state index in [4.69, 9.17) is 11.0 Å². The largest absolute Gasteiger partial charge is 0.464 e. The Labute approximate surface area is 102 Å². The minimum Gasteiger partial charge on any atom is -0.464 e. The average molecular weight is 243 g/mol. The average Bonchev–Trinajstić information content (AvgIpc) is 2.80. The maximum Gasteiger partial charge on any atom is 0.360 e. The highest BCUT2D eigenvalue weighted by Crippen LogP contribution is 2.13. The van der Waals surface area contributed by atoms with Crippen LogP contribution in [0.5, 0.6) is 0 Å². The molecule has 0 atom stereocenters. The molecular formula is C11H9N5O2. The molecule has 7 nitrogen and oxygen atoms in total. The highest BCUT2D eigenvalue weighted by Gasteiger charge is 2.16. The lowest BCUT2D eigenvalue weighted by molar-refractivity contribution is 0.0594. The molecule has 0 unspecified atom stereocenters. The maximum atomic E-state index is 11.4. The van der Waals surface area contributed by atoms with Gasteiger partial charge in [0.15, 0.2) is 11.5 Å². The van der Waals surface area contributed by atoms with Crippen molar-refractivity contribution in [1.29, 1.82) is 5.26 Å². The molecule has 0 aliphatic heterocycles. The van der Waals surface area contributed by atoms with E-state index in [9.17, 15) is 4.79 Å². The van der Waals surface area contributed by atoms with Crippen LogP contribution in [0.3, 0.4) is 0 Å². The summed E-state index contributed by atoms with van der Waals surface area (Å²) >= 11 is 0. The van der Waals surface area contributed by atoms with Crippen molar-refractivity contribution in [1.82, 2.24) is 14.8 Å². The molecule has 2 rings (SSSR count). The zero-order valence-corrected chi connectivity index (χ0v) is 9.49. The number of pyridine rings is 1. The zero-order chi connectivity index (χ0) is 13.1. The standard InChI is InChI=1S/C11H9N5O2/c1-18-11(17)10-8(13)6-16(15-10)9-4-2-3-7(5-12)14-9/h2-4,6H,13H2,1H3. The van der Waals surface area contributed by atoms with Crippen LogP contribution in [-0.2, 0) is 4.74 Å². The first-order valence-corrected chi connectivity index (χ1v) is 4.96. The number of carbonyl (C=O) groups excluding carboxylic acids is 1. The van der Waals surface area contributed by atoms with Gasteiger partial charge in [-0.05, 0) is 12.1 Å². The number of esters is 1. The van der Waals surface area contributed by atoms with E-state index in [1.165, 1.54) is 18.0 Å². The first-order chi connectivity index (χ1) is 8.65. The van der Waals surface area contributed by atoms with Crippen molar-refractivity contribution in [3.63, 3.8) is 0 Å². The fourth-order valence-electron chi connectivity index (χ4n) is 1.37. The van der Waals surface area contributed by atoms with E-state index in [-0.39, 0.29) is 17.1 Å². The van der Waals surface area contributed by atoms with Gasteiger partial charge in [-0.2, -0.15) is 10.4 Å². The Morgan fingerprint density at radius 2 is 2.33 bits per heavy atom. The second kappa shape index (κ2) is 4.55. The van der Waals surface area contributed by atoms with Crippen LogP contribution in [0.2, 0.25) is 0 Å². The third kappa shape index (κ3) is 1.99. The summed E-state index contributed by atoms with van der Waals surface area (Å²) in [5.74, 6) is -0.224. The number of ether oxygens (including phenoxy) is 1. The van der Waals surface area contributed by atoms with Gasteiger partial charge in [0, 0.05) is 0 Å². The lowest BCUT2D eigenvalue weighted by Gasteiger charge is -1.99. The number of nitrogens with zero attached hydrogens (tertiary/aromatic N) is 4.